The summed E-state index contributed by atoms with van der Waals surface area (Å²) in [5, 5.41) is 32.3. The Balaban J connectivity index is 3.10. The van der Waals surface area contributed by atoms with E-state index in [2.05, 4.69) is 5.32 Å². The maximum atomic E-state index is 11.8. The molecule has 3 N–H and O–H groups in total. The molecule has 0 fully saturated rings. The number of rotatable bonds is 6. The van der Waals surface area contributed by atoms with E-state index in [1.807, 2.05) is 0 Å². The van der Waals surface area contributed by atoms with Gasteiger partial charge in [-0.15, -0.1) is 0 Å². The first-order chi connectivity index (χ1) is 11.4. The lowest BCUT2D eigenvalue weighted by molar-refractivity contribution is -0.385. The predicted octanol–water partition coefficient (Wildman–Crippen LogP) is 1.83. The molecule has 1 atom stereocenters. The van der Waals surface area contributed by atoms with Gasteiger partial charge in [0.1, 0.15) is 11.6 Å². The van der Waals surface area contributed by atoms with Crippen LogP contribution >= 0.6 is 0 Å². The van der Waals surface area contributed by atoms with Gasteiger partial charge >= 0.3 is 12.1 Å². The number of benzene rings is 1. The number of alkyl carbamates (subject to hydrolysis) is 1. The molecule has 1 aromatic carbocycles. The van der Waals surface area contributed by atoms with E-state index in [0.717, 1.165) is 12.1 Å². The van der Waals surface area contributed by atoms with E-state index in [-0.39, 0.29) is 17.1 Å². The Bertz CT molecular complexity index is 681. The Morgan fingerprint density at radius 3 is 2.40 bits per heavy atom. The van der Waals surface area contributed by atoms with E-state index in [9.17, 15) is 29.9 Å². The summed E-state index contributed by atoms with van der Waals surface area (Å²) >= 11 is 0. The third-order valence-electron chi connectivity index (χ3n) is 2.99. The number of hydrogen-bond acceptors (Lipinski definition) is 7. The lowest BCUT2D eigenvalue weighted by Crippen LogP contribution is -2.44. The Labute approximate surface area is 143 Å². The number of amides is 1. The van der Waals surface area contributed by atoms with Gasteiger partial charge in [-0.2, -0.15) is 0 Å². The summed E-state index contributed by atoms with van der Waals surface area (Å²) in [6, 6.07) is 0.530. The summed E-state index contributed by atoms with van der Waals surface area (Å²) in [6.45, 7) is 4.82. The first-order valence-corrected chi connectivity index (χ1v) is 7.21. The molecule has 0 aliphatic heterocycles. The molecule has 0 radical (unpaired) electrons. The minimum Gasteiger partial charge on any atom is -0.504 e. The fourth-order valence-electron chi connectivity index (χ4n) is 1.97. The number of nitro benzene ring substituents is 1. The molecule has 0 saturated heterocycles. The second-order valence-corrected chi connectivity index (χ2v) is 6.15. The Hall–Kier alpha value is -3.04. The molecule has 138 valence electrons. The van der Waals surface area contributed by atoms with Crippen LogP contribution in [0.1, 0.15) is 26.3 Å². The van der Waals surface area contributed by atoms with E-state index >= 15 is 0 Å². The fraction of sp³-hybridized carbons (Fsp3) is 0.467. The summed E-state index contributed by atoms with van der Waals surface area (Å²) in [6.07, 6.45) is -1.40. The van der Waals surface area contributed by atoms with Crippen LogP contribution in [0, 0.1) is 10.1 Å². The number of carbonyl (C=O) groups excluding carboxylic acids is 1. The number of carboxylic acid groups (broad SMARTS) is 1. The van der Waals surface area contributed by atoms with Crippen LogP contribution < -0.4 is 10.1 Å². The summed E-state index contributed by atoms with van der Waals surface area (Å²) in [4.78, 5) is 33.6. The monoisotopic (exact) mass is 356 g/mol. The van der Waals surface area contributed by atoms with Crippen molar-refractivity contribution in [3.63, 3.8) is 0 Å². The highest BCUT2D eigenvalue weighted by molar-refractivity contribution is 5.80. The minimum atomic E-state index is -1.48. The molecule has 0 aliphatic carbocycles. The molecule has 25 heavy (non-hydrogen) atoms. The van der Waals surface area contributed by atoms with Crippen LogP contribution in [-0.4, -0.2) is 46.0 Å². The molecule has 0 aliphatic rings. The molecule has 0 aromatic heterocycles. The maximum Gasteiger partial charge on any atom is 0.408 e. The number of ether oxygens (including phenoxy) is 2. The van der Waals surface area contributed by atoms with Gasteiger partial charge < -0.3 is 25.0 Å². The van der Waals surface area contributed by atoms with E-state index in [1.54, 1.807) is 20.8 Å². The Morgan fingerprint density at radius 2 is 1.96 bits per heavy atom. The molecule has 10 nitrogen and oxygen atoms in total. The highest BCUT2D eigenvalue weighted by Gasteiger charge is 2.28. The van der Waals surface area contributed by atoms with Gasteiger partial charge in [-0.3, -0.25) is 10.1 Å². The number of aliphatic carboxylic acids is 1. The molecule has 0 heterocycles. The lowest BCUT2D eigenvalue weighted by Gasteiger charge is -2.22. The molecule has 1 rings (SSSR count). The van der Waals surface area contributed by atoms with Crippen molar-refractivity contribution >= 4 is 17.7 Å². The third-order valence-corrected chi connectivity index (χ3v) is 2.99. The largest absolute Gasteiger partial charge is 0.504 e. The van der Waals surface area contributed by atoms with Gasteiger partial charge in [0, 0.05) is 12.0 Å². The molecule has 0 spiro atoms. The van der Waals surface area contributed by atoms with Crippen molar-refractivity contribution in [1.29, 1.82) is 0 Å². The zero-order chi connectivity index (χ0) is 19.4. The third kappa shape index (κ3) is 5.83. The summed E-state index contributed by atoms with van der Waals surface area (Å²) < 4.78 is 9.78. The summed E-state index contributed by atoms with van der Waals surface area (Å²) in [5.41, 5.74) is -1.35. The van der Waals surface area contributed by atoms with Crippen molar-refractivity contribution in [2.24, 2.45) is 0 Å². The van der Waals surface area contributed by atoms with Crippen molar-refractivity contribution in [1.82, 2.24) is 5.32 Å². The number of nitrogens with zero attached hydrogens (tertiary/aromatic N) is 1. The van der Waals surface area contributed by atoms with Crippen molar-refractivity contribution < 1.29 is 34.2 Å². The molecular formula is C15H20N2O8. The number of aromatic hydroxyl groups is 1. The van der Waals surface area contributed by atoms with E-state index in [4.69, 9.17) is 9.47 Å². The number of carbonyl (C=O) groups is 2. The normalized spacial score (nSPS) is 12.2. The van der Waals surface area contributed by atoms with Crippen molar-refractivity contribution in [3.8, 4) is 11.5 Å². The standard InChI is InChI=1S/C15H20N2O8/c1-15(2,3)25-14(21)16-9(13(19)20)5-8-6-11(18)12(24-4)7-10(8)17(22)23/h6-7,9,18H,5H2,1-4H3,(H,16,21)(H,19,20). The van der Waals surface area contributed by atoms with Crippen LogP contribution in [0.15, 0.2) is 12.1 Å². The lowest BCUT2D eigenvalue weighted by atomic mass is 10.0. The number of hydrogen-bond donors (Lipinski definition) is 3. The smallest absolute Gasteiger partial charge is 0.408 e. The van der Waals surface area contributed by atoms with Crippen molar-refractivity contribution in [2.45, 2.75) is 38.8 Å². The number of nitrogens with one attached hydrogen (secondary N) is 1. The van der Waals surface area contributed by atoms with Gasteiger partial charge in [-0.05, 0) is 26.8 Å². The number of phenols is 1. The summed E-state index contributed by atoms with van der Waals surface area (Å²) in [7, 11) is 1.22. The maximum absolute atomic E-state index is 11.8. The quantitative estimate of drug-likeness (QED) is 0.516. The zero-order valence-electron chi connectivity index (χ0n) is 14.2. The van der Waals surface area contributed by atoms with Crippen molar-refractivity contribution in [3.05, 3.63) is 27.8 Å². The van der Waals surface area contributed by atoms with Gasteiger partial charge in [0.2, 0.25) is 0 Å². The van der Waals surface area contributed by atoms with Crippen LogP contribution in [0.4, 0.5) is 10.5 Å². The summed E-state index contributed by atoms with van der Waals surface area (Å²) in [5.74, 6) is -1.91. The number of methoxy groups -OCH3 is 1. The Morgan fingerprint density at radius 1 is 1.36 bits per heavy atom. The van der Waals surface area contributed by atoms with Crippen LogP contribution in [0.5, 0.6) is 11.5 Å². The highest BCUT2D eigenvalue weighted by Crippen LogP contribution is 2.34. The van der Waals surface area contributed by atoms with E-state index < -0.39 is 40.7 Å². The topological polar surface area (TPSA) is 148 Å². The highest BCUT2D eigenvalue weighted by atomic mass is 16.6. The molecule has 1 amide bonds. The van der Waals surface area contributed by atoms with E-state index in [1.165, 1.54) is 7.11 Å². The zero-order valence-corrected chi connectivity index (χ0v) is 14.2. The van der Waals surface area contributed by atoms with Gasteiger partial charge in [-0.1, -0.05) is 0 Å². The molecule has 0 bridgehead atoms. The molecular weight excluding hydrogens is 336 g/mol. The van der Waals surface area contributed by atoms with Crippen LogP contribution in [0.2, 0.25) is 0 Å². The molecule has 0 saturated carbocycles. The van der Waals surface area contributed by atoms with Crippen LogP contribution in [-0.2, 0) is 16.0 Å². The van der Waals surface area contributed by atoms with Gasteiger partial charge in [0.15, 0.2) is 11.5 Å². The van der Waals surface area contributed by atoms with Crippen LogP contribution in [0.25, 0.3) is 0 Å². The van der Waals surface area contributed by atoms with Gasteiger partial charge in [-0.25, -0.2) is 9.59 Å². The fourth-order valence-corrected chi connectivity index (χ4v) is 1.97. The SMILES string of the molecule is COc1cc([N+](=O)[O-])c(CC(NC(=O)OC(C)(C)C)C(=O)O)cc1O. The predicted molar refractivity (Wildman–Crippen MR) is 85.8 cm³/mol. The average molecular weight is 356 g/mol. The first kappa shape index (κ1) is 20.0. The van der Waals surface area contributed by atoms with E-state index in [0.29, 0.717) is 0 Å². The number of phenolic OH excluding ortho intramolecular Hbond substituents is 1. The number of nitro groups is 1. The average Bonchev–Trinajstić information content (AvgIpc) is 2.44. The second kappa shape index (κ2) is 7.69. The molecule has 1 unspecified atom stereocenters. The molecule has 1 aromatic rings. The number of carboxylic acids is 1. The first-order valence-electron chi connectivity index (χ1n) is 7.21. The molecule has 10 heteroatoms. The van der Waals surface area contributed by atoms with Crippen molar-refractivity contribution in [2.75, 3.05) is 7.11 Å². The minimum absolute atomic E-state index is 0.0771. The second-order valence-electron chi connectivity index (χ2n) is 6.15. The van der Waals surface area contributed by atoms with Gasteiger partial charge in [0.05, 0.1) is 18.1 Å². The van der Waals surface area contributed by atoms with Crippen LogP contribution in [0.3, 0.4) is 0 Å². The Kier molecular flexibility index (Phi) is 6.15. The van der Waals surface area contributed by atoms with Gasteiger partial charge in [0.25, 0.3) is 5.69 Å².